The summed E-state index contributed by atoms with van der Waals surface area (Å²) in [6, 6.07) is 5.00. The van der Waals surface area contributed by atoms with Gasteiger partial charge in [-0.05, 0) is 18.1 Å². The monoisotopic (exact) mass is 236 g/mol. The zero-order chi connectivity index (χ0) is 12.7. The Morgan fingerprint density at radius 3 is 2.82 bits per heavy atom. The molecular weight excluding hydrogens is 220 g/mol. The fourth-order valence-corrected chi connectivity index (χ4v) is 1.35. The molecular formula is C12H16N2O3. The van der Waals surface area contributed by atoms with Crippen LogP contribution in [0.3, 0.4) is 0 Å². The topological polar surface area (TPSA) is 78.4 Å². The summed E-state index contributed by atoms with van der Waals surface area (Å²) >= 11 is 0. The highest BCUT2D eigenvalue weighted by atomic mass is 16.6. The summed E-state index contributed by atoms with van der Waals surface area (Å²) in [6.45, 7) is 2.66. The third-order valence-corrected chi connectivity index (χ3v) is 2.27. The lowest BCUT2D eigenvalue weighted by molar-refractivity contribution is -0.385. The minimum atomic E-state index is -0.429. The second-order valence-electron chi connectivity index (χ2n) is 3.43. The second kappa shape index (κ2) is 6.65. The number of rotatable bonds is 6. The Labute approximate surface area is 100 Å². The first-order chi connectivity index (χ1) is 8.19. The molecule has 0 aliphatic heterocycles. The largest absolute Gasteiger partial charge is 0.483 e. The molecule has 0 amide bonds. The Hall–Kier alpha value is -1.88. The molecule has 0 radical (unpaired) electrons. The highest BCUT2D eigenvalue weighted by Crippen LogP contribution is 2.28. The van der Waals surface area contributed by atoms with E-state index in [9.17, 15) is 10.1 Å². The van der Waals surface area contributed by atoms with E-state index in [2.05, 4.69) is 0 Å². The van der Waals surface area contributed by atoms with Crippen molar-refractivity contribution in [3.05, 3.63) is 46.0 Å². The number of hydrogen-bond acceptors (Lipinski definition) is 4. The van der Waals surface area contributed by atoms with Crippen molar-refractivity contribution in [2.45, 2.75) is 13.3 Å². The van der Waals surface area contributed by atoms with Gasteiger partial charge in [0.05, 0.1) is 4.92 Å². The van der Waals surface area contributed by atoms with E-state index in [4.69, 9.17) is 10.5 Å². The molecule has 92 valence electrons. The molecule has 5 nitrogen and oxygen atoms in total. The van der Waals surface area contributed by atoms with Gasteiger partial charge in [-0.3, -0.25) is 10.1 Å². The third kappa shape index (κ3) is 3.88. The summed E-state index contributed by atoms with van der Waals surface area (Å²) < 4.78 is 5.32. The molecule has 0 aliphatic rings. The van der Waals surface area contributed by atoms with Gasteiger partial charge in [-0.25, -0.2) is 0 Å². The number of benzene rings is 1. The van der Waals surface area contributed by atoms with Crippen molar-refractivity contribution in [2.75, 3.05) is 13.2 Å². The van der Waals surface area contributed by atoms with Crippen LogP contribution >= 0.6 is 0 Å². The number of ether oxygens (including phenoxy) is 1. The molecule has 1 aromatic rings. The lowest BCUT2D eigenvalue weighted by atomic mass is 10.1. The van der Waals surface area contributed by atoms with Gasteiger partial charge in [-0.1, -0.05) is 25.1 Å². The molecule has 0 spiro atoms. The van der Waals surface area contributed by atoms with E-state index >= 15 is 0 Å². The molecule has 1 aromatic carbocycles. The second-order valence-corrected chi connectivity index (χ2v) is 3.43. The van der Waals surface area contributed by atoms with Crippen LogP contribution < -0.4 is 10.5 Å². The molecule has 17 heavy (non-hydrogen) atoms. The molecule has 0 saturated carbocycles. The lowest BCUT2D eigenvalue weighted by Gasteiger charge is -2.05. The van der Waals surface area contributed by atoms with Crippen LogP contribution in [0.4, 0.5) is 5.69 Å². The number of nitro benzene ring substituents is 1. The molecule has 2 N–H and O–H groups in total. The maximum Gasteiger partial charge on any atom is 0.311 e. The molecule has 1 rings (SSSR count). The first kappa shape index (κ1) is 13.2. The van der Waals surface area contributed by atoms with Gasteiger partial charge in [0.25, 0.3) is 0 Å². The Morgan fingerprint density at radius 2 is 2.24 bits per heavy atom. The average Bonchev–Trinajstić information content (AvgIpc) is 2.34. The van der Waals surface area contributed by atoms with Crippen LogP contribution in [0.2, 0.25) is 0 Å². The van der Waals surface area contributed by atoms with Crippen molar-refractivity contribution < 1.29 is 9.66 Å². The standard InChI is InChI=1S/C12H16N2O3/c1-2-10-5-6-12(11(9-10)14(15)16)17-8-4-3-7-13/h3-6,9H,2,7-8,13H2,1H3. The van der Waals surface area contributed by atoms with Gasteiger partial charge in [-0.15, -0.1) is 0 Å². The van der Waals surface area contributed by atoms with Gasteiger partial charge in [0.2, 0.25) is 0 Å². The highest BCUT2D eigenvalue weighted by molar-refractivity contribution is 5.48. The van der Waals surface area contributed by atoms with Gasteiger partial charge in [0.15, 0.2) is 5.75 Å². The van der Waals surface area contributed by atoms with E-state index in [1.54, 1.807) is 24.3 Å². The maximum atomic E-state index is 10.9. The fraction of sp³-hybridized carbons (Fsp3) is 0.333. The molecule has 0 unspecified atom stereocenters. The smallest absolute Gasteiger partial charge is 0.311 e. The summed E-state index contributed by atoms with van der Waals surface area (Å²) in [4.78, 5) is 10.4. The van der Waals surface area contributed by atoms with Crippen molar-refractivity contribution in [1.82, 2.24) is 0 Å². The Morgan fingerprint density at radius 1 is 1.47 bits per heavy atom. The van der Waals surface area contributed by atoms with Crippen molar-refractivity contribution in [3.8, 4) is 5.75 Å². The first-order valence-electron chi connectivity index (χ1n) is 5.44. The summed E-state index contributed by atoms with van der Waals surface area (Å²) in [6.07, 6.45) is 4.23. The van der Waals surface area contributed by atoms with E-state index in [0.717, 1.165) is 12.0 Å². The van der Waals surface area contributed by atoms with Gasteiger partial charge < -0.3 is 10.5 Å². The molecule has 0 aromatic heterocycles. The van der Waals surface area contributed by atoms with Crippen molar-refractivity contribution in [1.29, 1.82) is 0 Å². The molecule has 5 heteroatoms. The van der Waals surface area contributed by atoms with Crippen molar-refractivity contribution in [3.63, 3.8) is 0 Å². The SMILES string of the molecule is CCc1ccc(OCC=CCN)c([N+](=O)[O-])c1. The van der Waals surface area contributed by atoms with E-state index < -0.39 is 4.92 Å². The highest BCUT2D eigenvalue weighted by Gasteiger charge is 2.14. The summed E-state index contributed by atoms with van der Waals surface area (Å²) in [5.74, 6) is 0.286. The van der Waals surface area contributed by atoms with Gasteiger partial charge in [0, 0.05) is 12.6 Å². The molecule has 0 fully saturated rings. The zero-order valence-electron chi connectivity index (χ0n) is 9.76. The number of nitro groups is 1. The van der Waals surface area contributed by atoms with E-state index in [1.807, 2.05) is 13.0 Å². The average molecular weight is 236 g/mol. The summed E-state index contributed by atoms with van der Waals surface area (Å²) in [5.41, 5.74) is 6.20. The predicted molar refractivity (Wildman–Crippen MR) is 66.2 cm³/mol. The van der Waals surface area contributed by atoms with Gasteiger partial charge >= 0.3 is 5.69 Å². The number of aryl methyl sites for hydroxylation is 1. The minimum Gasteiger partial charge on any atom is -0.483 e. The van der Waals surface area contributed by atoms with Gasteiger partial charge in [-0.2, -0.15) is 0 Å². The van der Waals surface area contributed by atoms with Crippen LogP contribution in [-0.2, 0) is 6.42 Å². The summed E-state index contributed by atoms with van der Waals surface area (Å²) in [5, 5.41) is 10.9. The van der Waals surface area contributed by atoms with Crippen LogP contribution in [0.15, 0.2) is 30.4 Å². The summed E-state index contributed by atoms with van der Waals surface area (Å²) in [7, 11) is 0. The Balaban J connectivity index is 2.83. The van der Waals surface area contributed by atoms with Crippen LogP contribution in [0.1, 0.15) is 12.5 Å². The quantitative estimate of drug-likeness (QED) is 0.466. The molecule has 0 saturated heterocycles. The van der Waals surface area contributed by atoms with E-state index in [-0.39, 0.29) is 18.0 Å². The number of hydrogen-bond donors (Lipinski definition) is 1. The number of nitrogens with two attached hydrogens (primary N) is 1. The van der Waals surface area contributed by atoms with Crippen LogP contribution in [0.5, 0.6) is 5.75 Å². The maximum absolute atomic E-state index is 10.9. The predicted octanol–water partition coefficient (Wildman–Crippen LogP) is 2.05. The Kier molecular flexibility index (Phi) is 5.16. The van der Waals surface area contributed by atoms with Crippen LogP contribution in [-0.4, -0.2) is 18.1 Å². The Bertz CT molecular complexity index is 416. The fourth-order valence-electron chi connectivity index (χ4n) is 1.35. The van der Waals surface area contributed by atoms with Crippen molar-refractivity contribution in [2.24, 2.45) is 5.73 Å². The van der Waals surface area contributed by atoms with Crippen LogP contribution in [0.25, 0.3) is 0 Å². The number of nitrogens with zero attached hydrogens (tertiary/aromatic N) is 1. The minimum absolute atomic E-state index is 0.00509. The third-order valence-electron chi connectivity index (χ3n) is 2.27. The molecule has 0 heterocycles. The van der Waals surface area contributed by atoms with Crippen LogP contribution in [0, 0.1) is 10.1 Å². The van der Waals surface area contributed by atoms with E-state index in [1.165, 1.54) is 0 Å². The van der Waals surface area contributed by atoms with Gasteiger partial charge in [0.1, 0.15) is 6.61 Å². The normalized spacial score (nSPS) is 10.7. The van der Waals surface area contributed by atoms with Crippen molar-refractivity contribution >= 4 is 5.69 Å². The first-order valence-corrected chi connectivity index (χ1v) is 5.44. The zero-order valence-corrected chi connectivity index (χ0v) is 9.76. The lowest BCUT2D eigenvalue weighted by Crippen LogP contribution is -2.00. The molecule has 0 bridgehead atoms. The molecule has 0 aliphatic carbocycles. The van der Waals surface area contributed by atoms with E-state index in [0.29, 0.717) is 6.54 Å². The molecule has 0 atom stereocenters.